The number of ether oxygens (including phenoxy) is 2. The average molecular weight is 391 g/mol. The van der Waals surface area contributed by atoms with Gasteiger partial charge in [0.2, 0.25) is 5.91 Å². The number of nitrogens with one attached hydrogen (secondary N) is 1. The highest BCUT2D eigenvalue weighted by Gasteiger charge is 2.60. The molecule has 0 aromatic heterocycles. The Balaban J connectivity index is 1.40. The van der Waals surface area contributed by atoms with Crippen molar-refractivity contribution in [3.8, 4) is 0 Å². The molecule has 28 heavy (non-hydrogen) atoms. The third kappa shape index (κ3) is 3.25. The molecule has 9 heteroatoms. The summed E-state index contributed by atoms with van der Waals surface area (Å²) < 4.78 is 24.7. The fraction of sp³-hybridized carbons (Fsp3) is 0.526. The molecule has 2 unspecified atom stereocenters. The number of amides is 2. The molecule has 1 saturated carbocycles. The Labute approximate surface area is 161 Å². The van der Waals surface area contributed by atoms with Crippen molar-refractivity contribution in [2.75, 3.05) is 43.1 Å². The first kappa shape index (κ1) is 18.5. The smallest absolute Gasteiger partial charge is 0.414 e. The molecule has 3 aliphatic rings. The molecule has 2 saturated heterocycles. The number of piperidine rings is 1. The molecule has 2 heterocycles. The van der Waals surface area contributed by atoms with E-state index in [2.05, 4.69) is 5.32 Å². The van der Waals surface area contributed by atoms with Crippen molar-refractivity contribution in [1.82, 2.24) is 5.32 Å². The van der Waals surface area contributed by atoms with Gasteiger partial charge in [-0.1, -0.05) is 0 Å². The second kappa shape index (κ2) is 6.96. The van der Waals surface area contributed by atoms with Crippen molar-refractivity contribution in [3.63, 3.8) is 0 Å². The molecule has 1 N–H and O–H groups in total. The number of methoxy groups -OCH3 is 1. The lowest BCUT2D eigenvalue weighted by Gasteiger charge is -2.23. The second-order valence-electron chi connectivity index (χ2n) is 7.47. The Bertz CT molecular complexity index is 820. The van der Waals surface area contributed by atoms with Gasteiger partial charge in [-0.15, -0.1) is 0 Å². The summed E-state index contributed by atoms with van der Waals surface area (Å²) in [5, 5.41) is 2.61. The molecule has 1 aliphatic carbocycles. The summed E-state index contributed by atoms with van der Waals surface area (Å²) in [5.74, 6) is -0.450. The summed E-state index contributed by atoms with van der Waals surface area (Å²) in [6.45, 7) is 3.08. The van der Waals surface area contributed by atoms with E-state index in [1.54, 1.807) is 12.1 Å². The van der Waals surface area contributed by atoms with Gasteiger partial charge >= 0.3 is 12.1 Å². The van der Waals surface area contributed by atoms with E-state index in [9.17, 15) is 18.8 Å². The quantitative estimate of drug-likeness (QED) is 0.758. The number of rotatable bonds is 5. The van der Waals surface area contributed by atoms with Gasteiger partial charge in [-0.05, 0) is 30.0 Å². The summed E-state index contributed by atoms with van der Waals surface area (Å²) >= 11 is 0. The fourth-order valence-corrected chi connectivity index (χ4v) is 4.23. The Morgan fingerprint density at radius 1 is 1.29 bits per heavy atom. The van der Waals surface area contributed by atoms with E-state index >= 15 is 0 Å². The van der Waals surface area contributed by atoms with Crippen molar-refractivity contribution < 1.29 is 28.2 Å². The predicted octanol–water partition coefficient (Wildman–Crippen LogP) is 1.14. The zero-order chi connectivity index (χ0) is 20.0. The van der Waals surface area contributed by atoms with Crippen LogP contribution in [-0.2, 0) is 19.1 Å². The number of halogens is 1. The molecule has 3 atom stereocenters. The van der Waals surface area contributed by atoms with Gasteiger partial charge in [-0.2, -0.15) is 0 Å². The van der Waals surface area contributed by atoms with Crippen LogP contribution in [0.4, 0.5) is 20.6 Å². The highest BCUT2D eigenvalue weighted by atomic mass is 19.1. The zero-order valence-electron chi connectivity index (χ0n) is 15.7. The van der Waals surface area contributed by atoms with E-state index in [0.717, 1.165) is 0 Å². The first-order valence-electron chi connectivity index (χ1n) is 9.24. The van der Waals surface area contributed by atoms with Gasteiger partial charge in [0, 0.05) is 20.0 Å². The van der Waals surface area contributed by atoms with Crippen LogP contribution in [0.1, 0.15) is 6.92 Å². The largest absolute Gasteiger partial charge is 0.469 e. The lowest BCUT2D eigenvalue weighted by Crippen LogP contribution is -2.33. The Morgan fingerprint density at radius 3 is 2.61 bits per heavy atom. The maximum absolute atomic E-state index is 14.7. The summed E-state index contributed by atoms with van der Waals surface area (Å²) in [5.41, 5.74) is 0.871. The lowest BCUT2D eigenvalue weighted by molar-refractivity contribution is -0.142. The van der Waals surface area contributed by atoms with Crippen LogP contribution in [0.2, 0.25) is 0 Å². The van der Waals surface area contributed by atoms with E-state index in [-0.39, 0.29) is 42.7 Å². The van der Waals surface area contributed by atoms with Gasteiger partial charge < -0.3 is 19.7 Å². The molecule has 1 aromatic carbocycles. The molecule has 4 rings (SSSR count). The number of hydrogen-bond acceptors (Lipinski definition) is 6. The van der Waals surface area contributed by atoms with Crippen LogP contribution in [0, 0.1) is 23.6 Å². The van der Waals surface area contributed by atoms with Crippen LogP contribution in [0.3, 0.4) is 0 Å². The number of esters is 1. The van der Waals surface area contributed by atoms with Crippen molar-refractivity contribution in [3.05, 3.63) is 24.0 Å². The number of nitrogens with zero attached hydrogens (tertiary/aromatic N) is 2. The van der Waals surface area contributed by atoms with E-state index in [0.29, 0.717) is 24.5 Å². The van der Waals surface area contributed by atoms with Crippen molar-refractivity contribution in [1.29, 1.82) is 0 Å². The van der Waals surface area contributed by atoms with Crippen LogP contribution in [0.5, 0.6) is 0 Å². The number of cyclic esters (lactones) is 1. The number of benzene rings is 1. The van der Waals surface area contributed by atoms with Crippen molar-refractivity contribution >= 4 is 29.3 Å². The van der Waals surface area contributed by atoms with Gasteiger partial charge in [-0.3, -0.25) is 14.5 Å². The van der Waals surface area contributed by atoms with E-state index in [1.807, 2.05) is 4.90 Å². The molecule has 8 nitrogen and oxygen atoms in total. The number of carbonyl (C=O) groups excluding carboxylic acids is 3. The molecule has 2 aliphatic heterocycles. The van der Waals surface area contributed by atoms with Gasteiger partial charge in [0.15, 0.2) is 0 Å². The van der Waals surface area contributed by atoms with Crippen molar-refractivity contribution in [2.45, 2.75) is 13.0 Å². The molecule has 2 amide bonds. The number of anilines is 2. The van der Waals surface area contributed by atoms with Crippen LogP contribution >= 0.6 is 0 Å². The van der Waals surface area contributed by atoms with Crippen molar-refractivity contribution in [2.24, 2.45) is 17.8 Å². The van der Waals surface area contributed by atoms with Gasteiger partial charge in [0.05, 0.1) is 37.5 Å². The fourth-order valence-electron chi connectivity index (χ4n) is 4.23. The molecule has 1 aromatic rings. The molecular weight excluding hydrogens is 369 g/mol. The summed E-state index contributed by atoms with van der Waals surface area (Å²) in [6.07, 6.45) is -1.04. The van der Waals surface area contributed by atoms with E-state index < -0.39 is 18.0 Å². The highest BCUT2D eigenvalue weighted by Crippen LogP contribution is 2.53. The van der Waals surface area contributed by atoms with Gasteiger partial charge in [-0.25, -0.2) is 9.18 Å². The van der Waals surface area contributed by atoms with E-state index in [4.69, 9.17) is 9.47 Å². The summed E-state index contributed by atoms with van der Waals surface area (Å²) in [4.78, 5) is 38.0. The summed E-state index contributed by atoms with van der Waals surface area (Å²) in [7, 11) is 1.39. The van der Waals surface area contributed by atoms with Gasteiger partial charge in [0.25, 0.3) is 0 Å². The monoisotopic (exact) mass is 391 g/mol. The number of fused-ring (bicyclic) bond motifs is 1. The SMILES string of the molecule is COC(=O)C1C2CN(c3ccc(N4C[C@H](CNC(C)=O)OC4=O)cc3F)CC21. The van der Waals surface area contributed by atoms with Crippen LogP contribution in [-0.4, -0.2) is 57.4 Å². The van der Waals surface area contributed by atoms with Crippen LogP contribution in [0.15, 0.2) is 18.2 Å². The molecule has 0 spiro atoms. The molecule has 0 bridgehead atoms. The van der Waals surface area contributed by atoms with E-state index in [1.165, 1.54) is 25.0 Å². The highest BCUT2D eigenvalue weighted by molar-refractivity contribution is 5.90. The molecule has 0 radical (unpaired) electrons. The minimum absolute atomic E-state index is 0.0662. The first-order chi connectivity index (χ1) is 13.4. The Morgan fingerprint density at radius 2 is 2.00 bits per heavy atom. The minimum atomic E-state index is -0.564. The van der Waals surface area contributed by atoms with Crippen LogP contribution < -0.4 is 15.1 Å². The Kier molecular flexibility index (Phi) is 4.60. The number of carbonyl (C=O) groups is 3. The van der Waals surface area contributed by atoms with Crippen LogP contribution in [0.25, 0.3) is 0 Å². The molecular formula is C19H22FN3O5. The predicted molar refractivity (Wildman–Crippen MR) is 97.4 cm³/mol. The third-order valence-electron chi connectivity index (χ3n) is 5.70. The Hall–Kier alpha value is -2.84. The second-order valence-corrected chi connectivity index (χ2v) is 7.47. The minimum Gasteiger partial charge on any atom is -0.469 e. The maximum Gasteiger partial charge on any atom is 0.414 e. The topological polar surface area (TPSA) is 88.2 Å². The average Bonchev–Trinajstić information content (AvgIpc) is 2.99. The van der Waals surface area contributed by atoms with Gasteiger partial charge in [0.1, 0.15) is 11.9 Å². The molecule has 3 fully saturated rings. The maximum atomic E-state index is 14.7. The summed E-state index contributed by atoms with van der Waals surface area (Å²) in [6, 6.07) is 4.65. The molecule has 150 valence electrons. The lowest BCUT2D eigenvalue weighted by atomic mass is 10.2. The third-order valence-corrected chi connectivity index (χ3v) is 5.70. The zero-order valence-corrected chi connectivity index (χ0v) is 15.7. The standard InChI is InChI=1S/C19H22FN3O5/c1-10(24)21-6-12-7-23(19(26)28-12)11-3-4-16(15(20)5-11)22-8-13-14(9-22)17(13)18(25)27-2/h3-5,12-14,17H,6-9H2,1-2H3,(H,21,24)/t12-,13?,14?,17?/m0/s1. The number of hydrogen-bond donors (Lipinski definition) is 1. The first-order valence-corrected chi connectivity index (χ1v) is 9.24. The normalized spacial score (nSPS) is 28.0.